The molecule has 2 aromatic rings. The summed E-state index contributed by atoms with van der Waals surface area (Å²) in [5, 5.41) is 2.78. The van der Waals surface area contributed by atoms with Gasteiger partial charge in [0.25, 0.3) is 0 Å². The van der Waals surface area contributed by atoms with E-state index in [1.54, 1.807) is 0 Å². The van der Waals surface area contributed by atoms with Gasteiger partial charge in [0.1, 0.15) is 11.3 Å². The van der Waals surface area contributed by atoms with Crippen molar-refractivity contribution in [3.8, 4) is 0 Å². The Bertz CT molecular complexity index is 1180. The number of methoxy groups -OCH3 is 1. The molecule has 32 heavy (non-hydrogen) atoms. The molecule has 7 nitrogen and oxygen atoms in total. The van der Waals surface area contributed by atoms with Crippen LogP contribution in [0.4, 0.5) is 19.0 Å². The number of alkyl halides is 3. The Balaban J connectivity index is 1.88. The summed E-state index contributed by atoms with van der Waals surface area (Å²) in [6.45, 7) is 1.87. The summed E-state index contributed by atoms with van der Waals surface area (Å²) >= 11 is 12.2. The standard InChI is InChI=1S/C19H19Cl2F3N4O3S/c1-10-18(32(29,30)27-6-5-12(9-27)31-2)17(11-3-4-13(20)14(21)7-11)28-16(25-10)8-15(26-28)19(22,23)24/h3-4,7-8,12,17-18H,5-6,9H2,1-2H3/t12-,17?,18?/m1/s1. The zero-order valence-corrected chi connectivity index (χ0v) is 19.3. The van der Waals surface area contributed by atoms with E-state index in [1.807, 2.05) is 0 Å². The van der Waals surface area contributed by atoms with Crippen LogP contribution < -0.4 is 0 Å². The molecule has 0 amide bonds. The minimum Gasteiger partial charge on any atom is -0.380 e. The summed E-state index contributed by atoms with van der Waals surface area (Å²) in [5.41, 5.74) is -0.654. The van der Waals surface area contributed by atoms with Crippen LogP contribution in [-0.4, -0.2) is 59.8 Å². The number of nitrogens with zero attached hydrogens (tertiary/aromatic N) is 4. The summed E-state index contributed by atoms with van der Waals surface area (Å²) in [5.74, 6) is -0.0893. The number of hydrogen-bond donors (Lipinski definition) is 0. The van der Waals surface area contributed by atoms with Crippen molar-refractivity contribution in [3.63, 3.8) is 0 Å². The van der Waals surface area contributed by atoms with Gasteiger partial charge in [-0.2, -0.15) is 22.6 Å². The molecule has 0 saturated carbocycles. The van der Waals surface area contributed by atoms with Crippen LogP contribution in [0.1, 0.15) is 30.6 Å². The fraction of sp³-hybridized carbons (Fsp3) is 0.474. The van der Waals surface area contributed by atoms with Gasteiger partial charge in [-0.15, -0.1) is 0 Å². The van der Waals surface area contributed by atoms with E-state index in [2.05, 4.69) is 10.1 Å². The number of halogens is 5. The summed E-state index contributed by atoms with van der Waals surface area (Å²) < 4.78 is 75.0. The highest BCUT2D eigenvalue weighted by Crippen LogP contribution is 2.41. The van der Waals surface area contributed by atoms with E-state index < -0.39 is 33.2 Å². The SMILES string of the molecule is CO[C@@H]1CCN(S(=O)(=O)C2C(C)=Nc3cc(C(F)(F)F)nn3C2c2ccc(Cl)c(Cl)c2)C1. The van der Waals surface area contributed by atoms with Gasteiger partial charge in [-0.3, -0.25) is 0 Å². The number of hydrogen-bond acceptors (Lipinski definition) is 5. The van der Waals surface area contributed by atoms with Crippen LogP contribution in [0.15, 0.2) is 29.3 Å². The third-order valence-corrected chi connectivity index (χ3v) is 8.70. The van der Waals surface area contributed by atoms with E-state index in [-0.39, 0.29) is 40.8 Å². The van der Waals surface area contributed by atoms with E-state index in [0.29, 0.717) is 12.0 Å². The van der Waals surface area contributed by atoms with Crippen LogP contribution in [0.25, 0.3) is 0 Å². The lowest BCUT2D eigenvalue weighted by molar-refractivity contribution is -0.141. The highest BCUT2D eigenvalue weighted by Gasteiger charge is 2.48. The van der Waals surface area contributed by atoms with Crippen molar-refractivity contribution < 1.29 is 26.3 Å². The maximum atomic E-state index is 13.7. The molecule has 13 heteroatoms. The second kappa shape index (κ2) is 8.28. The van der Waals surface area contributed by atoms with Gasteiger partial charge in [-0.1, -0.05) is 29.3 Å². The number of sulfonamides is 1. The molecule has 0 N–H and O–H groups in total. The van der Waals surface area contributed by atoms with Crippen LogP contribution in [0.5, 0.6) is 0 Å². The first-order chi connectivity index (χ1) is 14.9. The molecule has 2 unspecified atom stereocenters. The topological polar surface area (TPSA) is 76.8 Å². The normalized spacial score (nSPS) is 24.5. The van der Waals surface area contributed by atoms with Crippen molar-refractivity contribution in [1.29, 1.82) is 0 Å². The van der Waals surface area contributed by atoms with Gasteiger partial charge in [0.15, 0.2) is 11.5 Å². The van der Waals surface area contributed by atoms with Crippen LogP contribution >= 0.6 is 23.2 Å². The predicted octanol–water partition coefficient (Wildman–Crippen LogP) is 4.32. The summed E-state index contributed by atoms with van der Waals surface area (Å²) in [6, 6.07) is 4.11. The van der Waals surface area contributed by atoms with Crippen LogP contribution in [0.2, 0.25) is 10.0 Å². The smallest absolute Gasteiger partial charge is 0.380 e. The van der Waals surface area contributed by atoms with Crippen LogP contribution in [0, 0.1) is 0 Å². The molecular weight excluding hydrogens is 492 g/mol. The number of fused-ring (bicyclic) bond motifs is 1. The number of rotatable bonds is 4. The fourth-order valence-electron chi connectivity index (χ4n) is 4.08. The number of aliphatic imine (C=N–C) groups is 1. The zero-order valence-electron chi connectivity index (χ0n) is 17.0. The highest BCUT2D eigenvalue weighted by atomic mass is 35.5. The van der Waals surface area contributed by atoms with Gasteiger partial charge >= 0.3 is 6.18 Å². The van der Waals surface area contributed by atoms with E-state index in [0.717, 1.165) is 10.7 Å². The van der Waals surface area contributed by atoms with Gasteiger partial charge in [-0.25, -0.2) is 18.1 Å². The summed E-state index contributed by atoms with van der Waals surface area (Å²) in [7, 11) is -2.54. The largest absolute Gasteiger partial charge is 0.435 e. The Labute approximate surface area is 192 Å². The van der Waals surface area contributed by atoms with Gasteiger partial charge in [0, 0.05) is 32.0 Å². The lowest BCUT2D eigenvalue weighted by Gasteiger charge is -2.34. The molecule has 2 aliphatic rings. The van der Waals surface area contributed by atoms with Crippen molar-refractivity contribution in [2.45, 2.75) is 36.9 Å². The molecule has 0 aliphatic carbocycles. The lowest BCUT2D eigenvalue weighted by atomic mass is 9.99. The van der Waals surface area contributed by atoms with E-state index in [9.17, 15) is 21.6 Å². The summed E-state index contributed by atoms with van der Waals surface area (Å²) in [4.78, 5) is 4.17. The fourth-order valence-corrected chi connectivity index (χ4v) is 6.53. The Morgan fingerprint density at radius 3 is 2.50 bits per heavy atom. The quantitative estimate of drug-likeness (QED) is 0.613. The third-order valence-electron chi connectivity index (χ3n) is 5.67. The maximum Gasteiger partial charge on any atom is 0.435 e. The molecule has 0 bridgehead atoms. The van der Waals surface area contributed by atoms with Crippen molar-refractivity contribution >= 4 is 44.8 Å². The first-order valence-electron chi connectivity index (χ1n) is 9.62. The predicted molar refractivity (Wildman–Crippen MR) is 114 cm³/mol. The molecular formula is C19H19Cl2F3N4O3S. The van der Waals surface area contributed by atoms with Crippen molar-refractivity contribution in [2.75, 3.05) is 20.2 Å². The molecule has 3 heterocycles. The van der Waals surface area contributed by atoms with Gasteiger partial charge in [0.2, 0.25) is 10.0 Å². The van der Waals surface area contributed by atoms with Crippen LogP contribution in [0.3, 0.4) is 0 Å². The molecule has 4 rings (SSSR count). The molecule has 1 fully saturated rings. The number of aromatic nitrogens is 2. The van der Waals surface area contributed by atoms with E-state index in [1.165, 1.54) is 36.5 Å². The van der Waals surface area contributed by atoms with E-state index >= 15 is 0 Å². The number of benzene rings is 1. The minimum atomic E-state index is -4.72. The monoisotopic (exact) mass is 510 g/mol. The molecule has 3 atom stereocenters. The van der Waals surface area contributed by atoms with Crippen molar-refractivity contribution in [3.05, 3.63) is 45.6 Å². The van der Waals surface area contributed by atoms with Crippen molar-refractivity contribution in [1.82, 2.24) is 14.1 Å². The molecule has 2 aliphatic heterocycles. The van der Waals surface area contributed by atoms with Crippen LogP contribution in [-0.2, 0) is 20.9 Å². The highest BCUT2D eigenvalue weighted by molar-refractivity contribution is 7.90. The lowest BCUT2D eigenvalue weighted by Crippen LogP contribution is -2.47. The van der Waals surface area contributed by atoms with Crippen molar-refractivity contribution in [2.24, 2.45) is 4.99 Å². The minimum absolute atomic E-state index is 0.0893. The molecule has 174 valence electrons. The second-order valence-electron chi connectivity index (χ2n) is 7.67. The molecule has 0 radical (unpaired) electrons. The Kier molecular flexibility index (Phi) is 6.08. The average molecular weight is 511 g/mol. The first-order valence-corrected chi connectivity index (χ1v) is 11.9. The second-order valence-corrected chi connectivity index (χ2v) is 10.5. The van der Waals surface area contributed by atoms with Gasteiger partial charge in [0.05, 0.1) is 16.1 Å². The van der Waals surface area contributed by atoms with Gasteiger partial charge < -0.3 is 4.74 Å². The maximum absolute atomic E-state index is 13.7. The van der Waals surface area contributed by atoms with Gasteiger partial charge in [-0.05, 0) is 31.0 Å². The van der Waals surface area contributed by atoms with E-state index in [4.69, 9.17) is 27.9 Å². The average Bonchev–Trinajstić information content (AvgIpc) is 3.36. The zero-order chi connectivity index (χ0) is 23.4. The Morgan fingerprint density at radius 2 is 1.91 bits per heavy atom. The third kappa shape index (κ3) is 4.05. The Hall–Kier alpha value is -1.66. The molecule has 1 saturated heterocycles. The molecule has 0 spiro atoms. The Morgan fingerprint density at radius 1 is 1.19 bits per heavy atom. The summed E-state index contributed by atoms with van der Waals surface area (Å²) in [6.07, 6.45) is -4.46. The first kappa shape index (κ1) is 23.5. The molecule has 1 aromatic heterocycles. The number of ether oxygens (including phenoxy) is 1. The molecule has 1 aromatic carbocycles.